The van der Waals surface area contributed by atoms with E-state index in [2.05, 4.69) is 24.2 Å². The molecule has 100 valence electrons. The first-order chi connectivity index (χ1) is 8.56. The molecule has 1 fully saturated rings. The molecule has 1 aromatic heterocycles. The van der Waals surface area contributed by atoms with Crippen molar-refractivity contribution in [1.82, 2.24) is 10.2 Å². The average Bonchev–Trinajstić information content (AvgIpc) is 2.88. The zero-order valence-electron chi connectivity index (χ0n) is 10.8. The Morgan fingerprint density at radius 3 is 3.00 bits per heavy atom. The molecule has 1 saturated heterocycles. The van der Waals surface area contributed by atoms with Crippen molar-refractivity contribution in [3.8, 4) is 0 Å². The van der Waals surface area contributed by atoms with E-state index in [1.54, 1.807) is 11.3 Å². The topological polar surface area (TPSA) is 52.6 Å². The van der Waals surface area contributed by atoms with Crippen molar-refractivity contribution in [2.45, 2.75) is 37.9 Å². The lowest BCUT2D eigenvalue weighted by molar-refractivity contribution is -0.137. The minimum atomic E-state index is -0.750. The van der Waals surface area contributed by atoms with Gasteiger partial charge in [0.25, 0.3) is 0 Å². The molecule has 3 unspecified atom stereocenters. The van der Waals surface area contributed by atoms with Gasteiger partial charge in [-0.05, 0) is 31.8 Å². The van der Waals surface area contributed by atoms with Gasteiger partial charge in [-0.15, -0.1) is 11.3 Å². The zero-order valence-corrected chi connectivity index (χ0v) is 11.6. The summed E-state index contributed by atoms with van der Waals surface area (Å²) in [4.78, 5) is 14.4. The zero-order chi connectivity index (χ0) is 13.1. The molecule has 0 radical (unpaired) electrons. The van der Waals surface area contributed by atoms with E-state index >= 15 is 0 Å². The fourth-order valence-corrected chi connectivity index (χ4v) is 3.29. The molecule has 2 N–H and O–H groups in total. The number of carboxylic acid groups (broad SMARTS) is 1. The van der Waals surface area contributed by atoms with Gasteiger partial charge in [0.1, 0.15) is 0 Å². The van der Waals surface area contributed by atoms with Crippen LogP contribution in [0.3, 0.4) is 0 Å². The number of rotatable bonds is 5. The van der Waals surface area contributed by atoms with Crippen LogP contribution in [0.25, 0.3) is 0 Å². The predicted molar refractivity (Wildman–Crippen MR) is 72.9 cm³/mol. The Bertz CT molecular complexity index is 384. The number of carbonyl (C=O) groups is 1. The molecule has 2 heterocycles. The van der Waals surface area contributed by atoms with Crippen LogP contribution in [0.1, 0.15) is 30.7 Å². The summed E-state index contributed by atoms with van der Waals surface area (Å²) in [5, 5.41) is 14.5. The van der Waals surface area contributed by atoms with Crippen molar-refractivity contribution < 1.29 is 9.90 Å². The lowest BCUT2D eigenvalue weighted by Crippen LogP contribution is -2.35. The minimum Gasteiger partial charge on any atom is -0.481 e. The Morgan fingerprint density at radius 1 is 1.72 bits per heavy atom. The van der Waals surface area contributed by atoms with Crippen LogP contribution < -0.4 is 5.32 Å². The minimum absolute atomic E-state index is 0.0637. The van der Waals surface area contributed by atoms with E-state index in [-0.39, 0.29) is 12.5 Å². The van der Waals surface area contributed by atoms with Crippen LogP contribution in [-0.2, 0) is 4.79 Å². The van der Waals surface area contributed by atoms with E-state index in [0.717, 1.165) is 17.8 Å². The van der Waals surface area contributed by atoms with Crippen molar-refractivity contribution in [2.75, 3.05) is 13.6 Å². The molecular weight excluding hydrogens is 248 g/mol. The second-order valence-corrected chi connectivity index (χ2v) is 6.03. The Kier molecular flexibility index (Phi) is 4.37. The molecule has 2 rings (SSSR count). The quantitative estimate of drug-likeness (QED) is 0.857. The van der Waals surface area contributed by atoms with Crippen LogP contribution in [-0.4, -0.2) is 41.7 Å². The van der Waals surface area contributed by atoms with Crippen molar-refractivity contribution in [3.63, 3.8) is 0 Å². The van der Waals surface area contributed by atoms with Gasteiger partial charge < -0.3 is 15.3 Å². The molecule has 0 saturated carbocycles. The summed E-state index contributed by atoms with van der Waals surface area (Å²) >= 11 is 1.62. The van der Waals surface area contributed by atoms with Crippen LogP contribution in [0.2, 0.25) is 0 Å². The third-order valence-electron chi connectivity index (χ3n) is 3.59. The van der Waals surface area contributed by atoms with E-state index in [9.17, 15) is 4.79 Å². The Labute approximate surface area is 112 Å². The molecule has 4 nitrogen and oxygen atoms in total. The maximum atomic E-state index is 11.0. The number of likely N-dealkylation sites (N-methyl/N-ethyl adjacent to an activating group) is 1. The van der Waals surface area contributed by atoms with E-state index in [1.165, 1.54) is 0 Å². The molecule has 3 atom stereocenters. The van der Waals surface area contributed by atoms with Gasteiger partial charge in [-0.25, -0.2) is 0 Å². The van der Waals surface area contributed by atoms with Crippen LogP contribution in [0.4, 0.5) is 0 Å². The van der Waals surface area contributed by atoms with Gasteiger partial charge in [-0.3, -0.25) is 4.79 Å². The summed E-state index contributed by atoms with van der Waals surface area (Å²) in [7, 11) is 2.11. The summed E-state index contributed by atoms with van der Waals surface area (Å²) < 4.78 is 0. The van der Waals surface area contributed by atoms with Crippen LogP contribution in [0, 0.1) is 0 Å². The fraction of sp³-hybridized carbons (Fsp3) is 0.615. The summed E-state index contributed by atoms with van der Waals surface area (Å²) in [6.07, 6.45) is 1.23. The highest BCUT2D eigenvalue weighted by Gasteiger charge is 2.29. The summed E-state index contributed by atoms with van der Waals surface area (Å²) in [6, 6.07) is 4.87. The normalized spacial score (nSPS) is 26.3. The number of hydrogen-bond acceptors (Lipinski definition) is 4. The molecule has 0 aliphatic carbocycles. The first-order valence-electron chi connectivity index (χ1n) is 6.27. The van der Waals surface area contributed by atoms with Gasteiger partial charge in [-0.1, -0.05) is 6.07 Å². The highest BCUT2D eigenvalue weighted by molar-refractivity contribution is 7.10. The monoisotopic (exact) mass is 268 g/mol. The summed E-state index contributed by atoms with van der Waals surface area (Å²) in [5.41, 5.74) is 0. The molecule has 18 heavy (non-hydrogen) atoms. The second-order valence-electron chi connectivity index (χ2n) is 5.05. The average molecular weight is 268 g/mol. The maximum absolute atomic E-state index is 11.0. The predicted octanol–water partition coefficient (Wildman–Crippen LogP) is 1.95. The van der Waals surface area contributed by atoms with Gasteiger partial charge >= 0.3 is 5.97 Å². The highest BCUT2D eigenvalue weighted by atomic mass is 32.1. The van der Waals surface area contributed by atoms with Crippen LogP contribution >= 0.6 is 11.3 Å². The van der Waals surface area contributed by atoms with Gasteiger partial charge in [0, 0.05) is 23.5 Å². The molecule has 0 bridgehead atoms. The lowest BCUT2D eigenvalue weighted by atomic mass is 10.1. The van der Waals surface area contributed by atoms with Gasteiger partial charge in [0.15, 0.2) is 0 Å². The highest BCUT2D eigenvalue weighted by Crippen LogP contribution is 2.25. The maximum Gasteiger partial charge on any atom is 0.305 e. The molecular formula is C13H20N2O2S. The SMILES string of the molecule is CC1CC(NC(CC(=O)O)c2cccs2)CN1C. The van der Waals surface area contributed by atoms with Gasteiger partial charge in [-0.2, -0.15) is 0 Å². The molecule has 0 spiro atoms. The van der Waals surface area contributed by atoms with Gasteiger partial charge in [0.05, 0.1) is 12.5 Å². The first kappa shape index (κ1) is 13.5. The van der Waals surface area contributed by atoms with Crippen LogP contribution in [0.5, 0.6) is 0 Å². The van der Waals surface area contributed by atoms with Crippen molar-refractivity contribution in [2.24, 2.45) is 0 Å². The van der Waals surface area contributed by atoms with Crippen molar-refractivity contribution >= 4 is 17.3 Å². The molecule has 1 aliphatic heterocycles. The number of nitrogens with zero attached hydrogens (tertiary/aromatic N) is 1. The van der Waals surface area contributed by atoms with E-state index < -0.39 is 5.97 Å². The summed E-state index contributed by atoms with van der Waals surface area (Å²) in [6.45, 7) is 3.20. The number of carboxylic acids is 1. The Morgan fingerprint density at radius 2 is 2.50 bits per heavy atom. The third kappa shape index (κ3) is 3.31. The molecule has 1 aliphatic rings. The molecule has 0 amide bonds. The number of nitrogens with one attached hydrogen (secondary N) is 1. The van der Waals surface area contributed by atoms with E-state index in [4.69, 9.17) is 5.11 Å². The largest absolute Gasteiger partial charge is 0.481 e. The second kappa shape index (κ2) is 5.82. The van der Waals surface area contributed by atoms with Gasteiger partial charge in [0.2, 0.25) is 0 Å². The number of hydrogen-bond donors (Lipinski definition) is 2. The lowest BCUT2D eigenvalue weighted by Gasteiger charge is -2.20. The first-order valence-corrected chi connectivity index (χ1v) is 7.15. The molecule has 1 aromatic rings. The van der Waals surface area contributed by atoms with E-state index in [1.807, 2.05) is 17.5 Å². The van der Waals surface area contributed by atoms with Crippen LogP contribution in [0.15, 0.2) is 17.5 Å². The van der Waals surface area contributed by atoms with Crippen molar-refractivity contribution in [3.05, 3.63) is 22.4 Å². The standard InChI is InChI=1S/C13H20N2O2S/c1-9-6-10(8-15(9)2)14-11(7-13(16)17)12-4-3-5-18-12/h3-5,9-11,14H,6-8H2,1-2H3,(H,16,17). The smallest absolute Gasteiger partial charge is 0.305 e. The molecule has 0 aromatic carbocycles. The van der Waals surface area contributed by atoms with E-state index in [0.29, 0.717) is 12.1 Å². The molecule has 5 heteroatoms. The van der Waals surface area contributed by atoms with Crippen molar-refractivity contribution in [1.29, 1.82) is 0 Å². The third-order valence-corrected chi connectivity index (χ3v) is 4.57. The summed E-state index contributed by atoms with van der Waals surface area (Å²) in [5.74, 6) is -0.750. The fourth-order valence-electron chi connectivity index (χ4n) is 2.50. The number of aliphatic carboxylic acids is 1. The number of likely N-dealkylation sites (tertiary alicyclic amines) is 1. The Balaban J connectivity index is 2.00. The number of thiophene rings is 1. The Hall–Kier alpha value is -0.910.